The summed E-state index contributed by atoms with van der Waals surface area (Å²) < 4.78 is 23.3. The van der Waals surface area contributed by atoms with E-state index in [-0.39, 0.29) is 0 Å². The van der Waals surface area contributed by atoms with Gasteiger partial charge in [0.1, 0.15) is 0 Å². The van der Waals surface area contributed by atoms with Crippen molar-refractivity contribution < 1.29 is 8.42 Å². The Bertz CT molecular complexity index is 833. The summed E-state index contributed by atoms with van der Waals surface area (Å²) in [5.74, 6) is 0.703. The number of aryl methyl sites for hydroxylation is 1. The van der Waals surface area contributed by atoms with E-state index in [1.165, 1.54) is 6.26 Å². The summed E-state index contributed by atoms with van der Waals surface area (Å²) in [7, 11) is -1.47. The largest absolute Gasteiger partial charge is 0.356 e. The summed E-state index contributed by atoms with van der Waals surface area (Å²) in [6.07, 6.45) is 5.69. The first kappa shape index (κ1) is 18.9. The molecule has 0 aliphatic carbocycles. The van der Waals surface area contributed by atoms with E-state index in [4.69, 9.17) is 0 Å². The number of hydrogen-bond donors (Lipinski definition) is 2. The molecular formula is C18H24N4O2S. The number of pyridine rings is 1. The minimum atomic E-state index is -3.19. The quantitative estimate of drug-likeness (QED) is 0.605. The molecule has 0 saturated carbocycles. The highest BCUT2D eigenvalue weighted by Crippen LogP contribution is 2.16. The molecule has 0 unspecified atom stereocenters. The molecule has 134 valence electrons. The van der Waals surface area contributed by atoms with E-state index >= 15 is 0 Å². The second kappa shape index (κ2) is 8.62. The summed E-state index contributed by atoms with van der Waals surface area (Å²) in [6.45, 7) is 3.12. The minimum Gasteiger partial charge on any atom is -0.356 e. The second-order valence-electron chi connectivity index (χ2n) is 5.84. The van der Waals surface area contributed by atoms with Crippen molar-refractivity contribution in [2.24, 2.45) is 4.99 Å². The molecule has 6 nitrogen and oxygen atoms in total. The van der Waals surface area contributed by atoms with Crippen LogP contribution >= 0.6 is 0 Å². The fourth-order valence-corrected chi connectivity index (χ4v) is 3.47. The number of hydrogen-bond acceptors (Lipinski definition) is 4. The van der Waals surface area contributed by atoms with Crippen LogP contribution in [0.5, 0.6) is 0 Å². The molecule has 1 aromatic carbocycles. The average molecular weight is 360 g/mol. The molecule has 1 heterocycles. The molecule has 0 amide bonds. The lowest BCUT2D eigenvalue weighted by Crippen LogP contribution is -2.37. The summed E-state index contributed by atoms with van der Waals surface area (Å²) in [5, 5.41) is 6.48. The van der Waals surface area contributed by atoms with E-state index in [1.807, 2.05) is 30.5 Å². The smallest absolute Gasteiger partial charge is 0.191 e. The van der Waals surface area contributed by atoms with Crippen molar-refractivity contribution >= 4 is 15.8 Å². The standard InChI is InChI=1S/C18H24N4O2S/c1-14-11-16(6-7-17(14)25(3,23)24)13-22-18(19-2)21-10-8-15-5-4-9-20-12-15/h4-7,9,11-12H,8,10,13H2,1-3H3,(H2,19,21,22). The number of nitrogens with zero attached hydrogens (tertiary/aromatic N) is 2. The topological polar surface area (TPSA) is 83.4 Å². The van der Waals surface area contributed by atoms with Gasteiger partial charge in [0, 0.05) is 38.8 Å². The van der Waals surface area contributed by atoms with Crippen LogP contribution in [0.15, 0.2) is 52.6 Å². The van der Waals surface area contributed by atoms with Gasteiger partial charge in [0.2, 0.25) is 0 Å². The third kappa shape index (κ3) is 5.86. The van der Waals surface area contributed by atoms with Crippen LogP contribution in [0.1, 0.15) is 16.7 Å². The molecule has 0 saturated heterocycles. The average Bonchev–Trinajstić information content (AvgIpc) is 2.57. The monoisotopic (exact) mass is 360 g/mol. The van der Waals surface area contributed by atoms with Gasteiger partial charge in [0.05, 0.1) is 4.90 Å². The zero-order valence-electron chi connectivity index (χ0n) is 14.8. The van der Waals surface area contributed by atoms with Crippen LogP contribution < -0.4 is 10.6 Å². The van der Waals surface area contributed by atoms with E-state index < -0.39 is 9.84 Å². The Labute approximate surface area is 149 Å². The van der Waals surface area contributed by atoms with Gasteiger partial charge in [0.25, 0.3) is 0 Å². The van der Waals surface area contributed by atoms with Gasteiger partial charge < -0.3 is 10.6 Å². The van der Waals surface area contributed by atoms with Gasteiger partial charge in [-0.25, -0.2) is 8.42 Å². The van der Waals surface area contributed by atoms with E-state index in [0.29, 0.717) is 17.4 Å². The third-order valence-corrected chi connectivity index (χ3v) is 5.01. The van der Waals surface area contributed by atoms with E-state index in [2.05, 4.69) is 20.6 Å². The van der Waals surface area contributed by atoms with Crippen LogP contribution in [0, 0.1) is 6.92 Å². The summed E-state index contributed by atoms with van der Waals surface area (Å²) in [4.78, 5) is 8.66. The molecule has 7 heteroatoms. The van der Waals surface area contributed by atoms with Gasteiger partial charge in [-0.1, -0.05) is 18.2 Å². The number of guanidine groups is 1. The Balaban J connectivity index is 1.87. The Morgan fingerprint density at radius 3 is 2.60 bits per heavy atom. The summed E-state index contributed by atoms with van der Waals surface area (Å²) >= 11 is 0. The maximum atomic E-state index is 11.7. The van der Waals surface area contributed by atoms with E-state index in [0.717, 1.165) is 29.7 Å². The molecule has 0 aliphatic rings. The first-order valence-electron chi connectivity index (χ1n) is 8.03. The fourth-order valence-electron chi connectivity index (χ4n) is 2.52. The maximum Gasteiger partial charge on any atom is 0.191 e. The highest BCUT2D eigenvalue weighted by molar-refractivity contribution is 7.90. The molecule has 2 rings (SSSR count). The second-order valence-corrected chi connectivity index (χ2v) is 7.82. The number of aliphatic imine (C=N–C) groups is 1. The molecule has 0 fully saturated rings. The molecule has 0 bridgehead atoms. The van der Waals surface area contributed by atoms with Gasteiger partial charge in [0.15, 0.2) is 15.8 Å². The number of rotatable bonds is 6. The number of aromatic nitrogens is 1. The van der Waals surface area contributed by atoms with E-state index in [1.54, 1.807) is 26.2 Å². The van der Waals surface area contributed by atoms with Crippen molar-refractivity contribution in [3.05, 3.63) is 59.4 Å². The number of sulfone groups is 1. The van der Waals surface area contributed by atoms with Gasteiger partial charge in [-0.2, -0.15) is 0 Å². The SMILES string of the molecule is CN=C(NCCc1cccnc1)NCc1ccc(S(C)(=O)=O)c(C)c1. The first-order valence-corrected chi connectivity index (χ1v) is 9.92. The molecule has 0 spiro atoms. The Morgan fingerprint density at radius 2 is 2.00 bits per heavy atom. The molecule has 0 atom stereocenters. The van der Waals surface area contributed by atoms with Crippen LogP contribution in [0.3, 0.4) is 0 Å². The van der Waals surface area contributed by atoms with Gasteiger partial charge in [-0.15, -0.1) is 0 Å². The molecule has 2 aromatic rings. The van der Waals surface area contributed by atoms with Crippen LogP contribution in [0.25, 0.3) is 0 Å². The molecule has 2 N–H and O–H groups in total. The number of nitrogens with one attached hydrogen (secondary N) is 2. The minimum absolute atomic E-state index is 0.371. The van der Waals surface area contributed by atoms with Crippen molar-refractivity contribution in [2.45, 2.75) is 24.8 Å². The Hall–Kier alpha value is -2.41. The molecule has 0 radical (unpaired) electrons. The van der Waals surface area contributed by atoms with E-state index in [9.17, 15) is 8.42 Å². The maximum absolute atomic E-state index is 11.7. The first-order chi connectivity index (χ1) is 11.9. The molecular weight excluding hydrogens is 336 g/mol. The predicted molar refractivity (Wildman–Crippen MR) is 100 cm³/mol. The van der Waals surface area contributed by atoms with Crippen LogP contribution in [-0.4, -0.2) is 39.2 Å². The third-order valence-electron chi connectivity index (χ3n) is 3.75. The highest BCUT2D eigenvalue weighted by atomic mass is 32.2. The normalized spacial score (nSPS) is 12.0. The summed E-state index contributed by atoms with van der Waals surface area (Å²) in [5.41, 5.74) is 2.92. The summed E-state index contributed by atoms with van der Waals surface area (Å²) in [6, 6.07) is 9.31. The van der Waals surface area contributed by atoms with Gasteiger partial charge in [-0.05, 0) is 42.2 Å². The van der Waals surface area contributed by atoms with Crippen molar-refractivity contribution in [1.82, 2.24) is 15.6 Å². The fraction of sp³-hybridized carbons (Fsp3) is 0.333. The van der Waals surface area contributed by atoms with Crippen LogP contribution in [0.4, 0.5) is 0 Å². The van der Waals surface area contributed by atoms with Crippen molar-refractivity contribution in [3.8, 4) is 0 Å². The zero-order chi connectivity index (χ0) is 18.3. The Morgan fingerprint density at radius 1 is 1.20 bits per heavy atom. The molecule has 1 aromatic heterocycles. The van der Waals surface area contributed by atoms with Crippen LogP contribution in [0.2, 0.25) is 0 Å². The van der Waals surface area contributed by atoms with Crippen molar-refractivity contribution in [2.75, 3.05) is 19.8 Å². The van der Waals surface area contributed by atoms with Gasteiger partial charge >= 0.3 is 0 Å². The molecule has 0 aliphatic heterocycles. The van der Waals surface area contributed by atoms with Crippen LogP contribution in [-0.2, 0) is 22.8 Å². The van der Waals surface area contributed by atoms with Gasteiger partial charge in [-0.3, -0.25) is 9.98 Å². The number of benzene rings is 1. The Kier molecular flexibility index (Phi) is 6.52. The lowest BCUT2D eigenvalue weighted by Gasteiger charge is -2.13. The molecule has 25 heavy (non-hydrogen) atoms. The highest BCUT2D eigenvalue weighted by Gasteiger charge is 2.10. The van der Waals surface area contributed by atoms with Crippen molar-refractivity contribution in [3.63, 3.8) is 0 Å². The lowest BCUT2D eigenvalue weighted by atomic mass is 10.1. The zero-order valence-corrected chi connectivity index (χ0v) is 15.6. The van der Waals surface area contributed by atoms with Crippen molar-refractivity contribution in [1.29, 1.82) is 0 Å². The lowest BCUT2D eigenvalue weighted by molar-refractivity contribution is 0.601. The predicted octanol–water partition coefficient (Wildman–Crippen LogP) is 1.70.